The molecule has 1 saturated carbocycles. The molecule has 1 aliphatic carbocycles. The van der Waals surface area contributed by atoms with Crippen LogP contribution in [0.4, 0.5) is 0 Å². The molecule has 0 bridgehead atoms. The van der Waals surface area contributed by atoms with E-state index in [1.807, 2.05) is 29.2 Å². The first kappa shape index (κ1) is 12.4. The van der Waals surface area contributed by atoms with Gasteiger partial charge in [-0.1, -0.05) is 17.7 Å². The van der Waals surface area contributed by atoms with E-state index in [9.17, 15) is 0 Å². The van der Waals surface area contributed by atoms with Crippen LogP contribution in [-0.2, 0) is 6.54 Å². The Hall–Kier alpha value is -0.590. The molecule has 3 rings (SSSR count). The van der Waals surface area contributed by atoms with E-state index in [0.29, 0.717) is 6.04 Å². The Bertz CT molecular complexity index is 563. The van der Waals surface area contributed by atoms with Crippen molar-refractivity contribution in [3.63, 3.8) is 0 Å². The van der Waals surface area contributed by atoms with Crippen LogP contribution >= 0.6 is 34.2 Å². The molecular formula is C13H13ClIN3. The number of hydrogen-bond acceptors (Lipinski definition) is 2. The molecule has 94 valence electrons. The van der Waals surface area contributed by atoms with Gasteiger partial charge in [0.1, 0.15) is 0 Å². The second-order valence-corrected chi connectivity index (χ2v) is 6.21. The summed E-state index contributed by atoms with van der Waals surface area (Å²) in [5.74, 6) is 0. The van der Waals surface area contributed by atoms with Gasteiger partial charge < -0.3 is 5.32 Å². The lowest BCUT2D eigenvalue weighted by molar-refractivity contribution is 0.681. The summed E-state index contributed by atoms with van der Waals surface area (Å²) < 4.78 is 3.01. The monoisotopic (exact) mass is 373 g/mol. The predicted octanol–water partition coefficient (Wildman–Crippen LogP) is 3.38. The minimum atomic E-state index is 0.700. The van der Waals surface area contributed by atoms with Crippen molar-refractivity contribution in [2.24, 2.45) is 0 Å². The van der Waals surface area contributed by atoms with E-state index >= 15 is 0 Å². The maximum atomic E-state index is 6.09. The van der Waals surface area contributed by atoms with Crippen molar-refractivity contribution in [1.29, 1.82) is 0 Å². The van der Waals surface area contributed by atoms with Gasteiger partial charge in [0.15, 0.2) is 0 Å². The van der Waals surface area contributed by atoms with Crippen LogP contribution in [0.2, 0.25) is 5.02 Å². The van der Waals surface area contributed by atoms with Crippen LogP contribution < -0.4 is 5.32 Å². The van der Waals surface area contributed by atoms with Crippen LogP contribution in [-0.4, -0.2) is 15.8 Å². The average Bonchev–Trinajstić information content (AvgIpc) is 3.09. The summed E-state index contributed by atoms with van der Waals surface area (Å²) >= 11 is 8.34. The van der Waals surface area contributed by atoms with Crippen molar-refractivity contribution in [2.45, 2.75) is 25.4 Å². The van der Waals surface area contributed by atoms with E-state index in [1.165, 1.54) is 18.4 Å². The second kappa shape index (κ2) is 5.19. The summed E-state index contributed by atoms with van der Waals surface area (Å²) in [6, 6.07) is 6.67. The summed E-state index contributed by atoms with van der Waals surface area (Å²) in [4.78, 5) is 0. The Kier molecular flexibility index (Phi) is 3.59. The zero-order valence-electron chi connectivity index (χ0n) is 9.74. The Morgan fingerprint density at radius 3 is 2.94 bits per heavy atom. The maximum absolute atomic E-state index is 6.09. The Labute approximate surface area is 125 Å². The minimum absolute atomic E-state index is 0.700. The molecule has 0 spiro atoms. The molecule has 1 heterocycles. The van der Waals surface area contributed by atoms with E-state index in [0.717, 1.165) is 20.8 Å². The summed E-state index contributed by atoms with van der Waals surface area (Å²) in [6.45, 7) is 0.869. The molecule has 1 aliphatic rings. The molecule has 0 aliphatic heterocycles. The normalized spacial score (nSPS) is 15.0. The van der Waals surface area contributed by atoms with Crippen molar-refractivity contribution in [1.82, 2.24) is 15.1 Å². The van der Waals surface area contributed by atoms with Crippen LogP contribution in [0.5, 0.6) is 0 Å². The van der Waals surface area contributed by atoms with E-state index < -0.39 is 0 Å². The summed E-state index contributed by atoms with van der Waals surface area (Å²) in [5.41, 5.74) is 2.28. The van der Waals surface area contributed by atoms with Gasteiger partial charge in [-0.25, -0.2) is 4.68 Å². The van der Waals surface area contributed by atoms with Crippen LogP contribution in [0.3, 0.4) is 0 Å². The molecule has 1 fully saturated rings. The second-order valence-electron chi connectivity index (χ2n) is 4.53. The molecule has 5 heteroatoms. The molecule has 0 saturated heterocycles. The van der Waals surface area contributed by atoms with Gasteiger partial charge in [0.2, 0.25) is 0 Å². The molecular weight excluding hydrogens is 361 g/mol. The average molecular weight is 374 g/mol. The largest absolute Gasteiger partial charge is 0.310 e. The van der Waals surface area contributed by atoms with Gasteiger partial charge in [-0.05, 0) is 53.1 Å². The van der Waals surface area contributed by atoms with Gasteiger partial charge in [-0.15, -0.1) is 0 Å². The molecule has 1 aromatic heterocycles. The lowest BCUT2D eigenvalue weighted by atomic mass is 10.1. The summed E-state index contributed by atoms with van der Waals surface area (Å²) in [6.07, 6.45) is 6.44. The first-order valence-electron chi connectivity index (χ1n) is 5.95. The maximum Gasteiger partial charge on any atom is 0.0705 e. The SMILES string of the molecule is Clc1ccc(CNC2CC2)c(-n2cc(I)cn2)c1. The zero-order chi connectivity index (χ0) is 12.5. The van der Waals surface area contributed by atoms with Crippen molar-refractivity contribution < 1.29 is 0 Å². The third-order valence-electron chi connectivity index (χ3n) is 3.00. The molecule has 0 radical (unpaired) electrons. The van der Waals surface area contributed by atoms with Gasteiger partial charge in [-0.2, -0.15) is 5.10 Å². The quantitative estimate of drug-likeness (QED) is 0.833. The smallest absolute Gasteiger partial charge is 0.0705 e. The standard InChI is InChI=1S/C13H13ClIN3/c14-10-2-1-9(6-16-12-3-4-12)13(5-10)18-8-11(15)7-17-18/h1-2,5,7-8,12,16H,3-4,6H2. The van der Waals surface area contributed by atoms with Crippen molar-refractivity contribution >= 4 is 34.2 Å². The van der Waals surface area contributed by atoms with E-state index in [1.54, 1.807) is 0 Å². The number of halogens is 2. The third-order valence-corrected chi connectivity index (χ3v) is 3.80. The van der Waals surface area contributed by atoms with Gasteiger partial charge >= 0.3 is 0 Å². The molecule has 0 unspecified atom stereocenters. The summed E-state index contributed by atoms with van der Waals surface area (Å²) in [7, 11) is 0. The fourth-order valence-corrected chi connectivity index (χ4v) is 2.43. The minimum Gasteiger partial charge on any atom is -0.310 e. The molecule has 18 heavy (non-hydrogen) atoms. The van der Waals surface area contributed by atoms with Gasteiger partial charge in [0.25, 0.3) is 0 Å². The fourth-order valence-electron chi connectivity index (χ4n) is 1.87. The van der Waals surface area contributed by atoms with Crippen LogP contribution in [0.15, 0.2) is 30.6 Å². The molecule has 0 atom stereocenters. The van der Waals surface area contributed by atoms with Gasteiger partial charge in [0, 0.05) is 23.8 Å². The van der Waals surface area contributed by atoms with Crippen LogP contribution in [0.25, 0.3) is 5.69 Å². The first-order valence-corrected chi connectivity index (χ1v) is 7.40. The van der Waals surface area contributed by atoms with Gasteiger partial charge in [0.05, 0.1) is 15.5 Å². The predicted molar refractivity (Wildman–Crippen MR) is 81.2 cm³/mol. The van der Waals surface area contributed by atoms with E-state index in [4.69, 9.17) is 11.6 Å². The third kappa shape index (κ3) is 2.87. The van der Waals surface area contributed by atoms with Crippen LogP contribution in [0, 0.1) is 3.57 Å². The molecule has 3 nitrogen and oxygen atoms in total. The molecule has 2 aromatic rings. The van der Waals surface area contributed by atoms with E-state index in [2.05, 4.69) is 39.1 Å². The Morgan fingerprint density at radius 1 is 1.44 bits per heavy atom. The highest BCUT2D eigenvalue weighted by atomic mass is 127. The number of nitrogens with zero attached hydrogens (tertiary/aromatic N) is 2. The Balaban J connectivity index is 1.91. The van der Waals surface area contributed by atoms with Gasteiger partial charge in [-0.3, -0.25) is 0 Å². The Morgan fingerprint density at radius 2 is 2.28 bits per heavy atom. The lowest BCUT2D eigenvalue weighted by Gasteiger charge is -2.11. The van der Waals surface area contributed by atoms with Crippen molar-refractivity contribution in [3.05, 3.63) is 44.7 Å². The van der Waals surface area contributed by atoms with E-state index in [-0.39, 0.29) is 0 Å². The molecule has 1 N–H and O–H groups in total. The molecule has 1 aromatic carbocycles. The lowest BCUT2D eigenvalue weighted by Crippen LogP contribution is -2.17. The number of hydrogen-bond donors (Lipinski definition) is 1. The number of nitrogens with one attached hydrogen (secondary N) is 1. The zero-order valence-corrected chi connectivity index (χ0v) is 12.6. The number of benzene rings is 1. The first-order chi connectivity index (χ1) is 8.72. The number of aromatic nitrogens is 2. The molecule has 0 amide bonds. The van der Waals surface area contributed by atoms with Crippen LogP contribution in [0.1, 0.15) is 18.4 Å². The van der Waals surface area contributed by atoms with Crippen molar-refractivity contribution in [2.75, 3.05) is 0 Å². The fraction of sp³-hybridized carbons (Fsp3) is 0.308. The highest BCUT2D eigenvalue weighted by molar-refractivity contribution is 14.1. The highest BCUT2D eigenvalue weighted by Crippen LogP contribution is 2.23. The highest BCUT2D eigenvalue weighted by Gasteiger charge is 2.20. The number of rotatable bonds is 4. The topological polar surface area (TPSA) is 29.9 Å². The van der Waals surface area contributed by atoms with Crippen molar-refractivity contribution in [3.8, 4) is 5.69 Å². The summed E-state index contributed by atoms with van der Waals surface area (Å²) in [5, 5.41) is 8.62.